The molecule has 0 unspecified atom stereocenters. The lowest BCUT2D eigenvalue weighted by atomic mass is 10.1. The molecule has 0 saturated carbocycles. The largest absolute Gasteiger partial charge is 0.304 e. The summed E-state index contributed by atoms with van der Waals surface area (Å²) in [4.78, 5) is 22.6. The summed E-state index contributed by atoms with van der Waals surface area (Å²) < 4.78 is 0. The quantitative estimate of drug-likeness (QED) is 0.696. The average molecular weight is 235 g/mol. The summed E-state index contributed by atoms with van der Waals surface area (Å²) in [6.45, 7) is 1.99. The predicted molar refractivity (Wildman–Crippen MR) is 61.4 cm³/mol. The first-order valence-corrected chi connectivity index (χ1v) is 5.40. The van der Waals surface area contributed by atoms with Gasteiger partial charge in [0.05, 0.1) is 0 Å². The van der Waals surface area contributed by atoms with Crippen LogP contribution in [0.5, 0.6) is 0 Å². The Hall–Kier alpha value is -2.18. The Kier molecular flexibility index (Phi) is 3.17. The fourth-order valence-electron chi connectivity index (χ4n) is 1.43. The molecule has 0 fully saturated rings. The van der Waals surface area contributed by atoms with Crippen LogP contribution in [0.2, 0.25) is 0 Å². The Labute approximate surface area is 97.7 Å². The molecule has 0 atom stereocenters. The Bertz CT molecular complexity index is 477. The fourth-order valence-corrected chi connectivity index (χ4v) is 1.43. The van der Waals surface area contributed by atoms with E-state index >= 15 is 0 Å². The van der Waals surface area contributed by atoms with Gasteiger partial charge < -0.3 is 5.32 Å². The molecule has 2 heterocycles. The molecule has 90 valence electrons. The Morgan fingerprint density at radius 2 is 2.35 bits per heavy atom. The van der Waals surface area contributed by atoms with Crippen LogP contribution in [-0.4, -0.2) is 27.7 Å². The molecule has 0 radical (unpaired) electrons. The van der Waals surface area contributed by atoms with E-state index in [0.29, 0.717) is 18.0 Å². The topological polar surface area (TPSA) is 99.2 Å². The second kappa shape index (κ2) is 4.77. The highest BCUT2D eigenvalue weighted by Crippen LogP contribution is 2.07. The molecule has 0 bridgehead atoms. The van der Waals surface area contributed by atoms with Gasteiger partial charge in [0, 0.05) is 24.6 Å². The lowest BCUT2D eigenvalue weighted by Gasteiger charge is -2.10. The van der Waals surface area contributed by atoms with Gasteiger partial charge in [-0.05, 0) is 6.42 Å². The van der Waals surface area contributed by atoms with Gasteiger partial charge >= 0.3 is 0 Å². The average Bonchev–Trinajstić information content (AvgIpc) is 2.77. The summed E-state index contributed by atoms with van der Waals surface area (Å²) in [5.74, 6) is -0.0415. The smallest absolute Gasteiger partial charge is 0.273 e. The maximum absolute atomic E-state index is 11.7. The van der Waals surface area contributed by atoms with E-state index in [1.165, 1.54) is 0 Å². The standard InChI is InChI=1S/C10H13N5O2/c1-2-6-5-8(14-12-6)11-10(17)7-3-4-9(16)15-13-7/h5H,2-4H2,1H3,(H,15,16)(H2,11,12,14,17). The maximum Gasteiger partial charge on any atom is 0.273 e. The molecule has 7 nitrogen and oxygen atoms in total. The van der Waals surface area contributed by atoms with Crippen molar-refractivity contribution in [1.29, 1.82) is 0 Å². The number of rotatable bonds is 3. The van der Waals surface area contributed by atoms with E-state index in [1.54, 1.807) is 6.07 Å². The Balaban J connectivity index is 1.99. The van der Waals surface area contributed by atoms with Gasteiger partial charge in [-0.1, -0.05) is 6.92 Å². The van der Waals surface area contributed by atoms with Crippen LogP contribution in [0.4, 0.5) is 5.82 Å². The highest BCUT2D eigenvalue weighted by molar-refractivity contribution is 6.43. The number of carbonyl (C=O) groups excluding carboxylic acids is 2. The summed E-state index contributed by atoms with van der Waals surface area (Å²) in [5, 5.41) is 13.1. The van der Waals surface area contributed by atoms with Crippen molar-refractivity contribution < 1.29 is 9.59 Å². The predicted octanol–water partition coefficient (Wildman–Crippen LogP) is 0.177. The number of hydrogen-bond donors (Lipinski definition) is 3. The summed E-state index contributed by atoms with van der Waals surface area (Å²) >= 11 is 0. The van der Waals surface area contributed by atoms with Gasteiger partial charge in [0.25, 0.3) is 5.91 Å². The first-order valence-electron chi connectivity index (χ1n) is 5.40. The summed E-state index contributed by atoms with van der Waals surface area (Å²) in [6, 6.07) is 1.76. The van der Waals surface area contributed by atoms with Crippen molar-refractivity contribution in [3.63, 3.8) is 0 Å². The van der Waals surface area contributed by atoms with E-state index in [1.807, 2.05) is 6.92 Å². The number of hydrogen-bond acceptors (Lipinski definition) is 4. The van der Waals surface area contributed by atoms with Crippen LogP contribution in [0, 0.1) is 0 Å². The third-order valence-corrected chi connectivity index (χ3v) is 2.42. The van der Waals surface area contributed by atoms with Gasteiger partial charge in [-0.25, -0.2) is 5.43 Å². The van der Waals surface area contributed by atoms with Crippen LogP contribution >= 0.6 is 0 Å². The number of amides is 2. The van der Waals surface area contributed by atoms with Crippen molar-refractivity contribution in [2.24, 2.45) is 5.10 Å². The number of aromatic nitrogens is 2. The second-order valence-electron chi connectivity index (χ2n) is 3.68. The summed E-state index contributed by atoms with van der Waals surface area (Å²) in [5.41, 5.74) is 3.53. The number of hydrazone groups is 1. The highest BCUT2D eigenvalue weighted by Gasteiger charge is 2.18. The third kappa shape index (κ3) is 2.68. The molecule has 0 saturated heterocycles. The number of anilines is 1. The van der Waals surface area contributed by atoms with E-state index in [4.69, 9.17) is 0 Å². The fraction of sp³-hybridized carbons (Fsp3) is 0.400. The van der Waals surface area contributed by atoms with E-state index in [9.17, 15) is 9.59 Å². The lowest BCUT2D eigenvalue weighted by molar-refractivity contribution is -0.121. The molecule has 2 rings (SSSR count). The minimum atomic E-state index is -0.334. The molecule has 1 aromatic rings. The number of carbonyl (C=O) groups is 2. The molecule has 0 spiro atoms. The van der Waals surface area contributed by atoms with E-state index < -0.39 is 0 Å². The van der Waals surface area contributed by atoms with Crippen LogP contribution in [0.25, 0.3) is 0 Å². The molecular weight excluding hydrogens is 222 g/mol. The number of nitrogens with one attached hydrogen (secondary N) is 3. The molecule has 0 aliphatic carbocycles. The van der Waals surface area contributed by atoms with Crippen LogP contribution in [0.15, 0.2) is 11.2 Å². The zero-order valence-electron chi connectivity index (χ0n) is 9.41. The van der Waals surface area contributed by atoms with Crippen molar-refractivity contribution in [2.75, 3.05) is 5.32 Å². The van der Waals surface area contributed by atoms with Gasteiger partial charge in [0.1, 0.15) is 5.71 Å². The van der Waals surface area contributed by atoms with Gasteiger partial charge in [-0.3, -0.25) is 14.7 Å². The van der Waals surface area contributed by atoms with E-state index in [-0.39, 0.29) is 18.2 Å². The van der Waals surface area contributed by atoms with E-state index in [0.717, 1.165) is 12.1 Å². The number of H-pyrrole nitrogens is 1. The van der Waals surface area contributed by atoms with Crippen LogP contribution < -0.4 is 10.7 Å². The summed E-state index contributed by atoms with van der Waals surface area (Å²) in [7, 11) is 0. The minimum absolute atomic E-state index is 0.172. The zero-order chi connectivity index (χ0) is 12.3. The molecule has 1 aromatic heterocycles. The van der Waals surface area contributed by atoms with Gasteiger partial charge in [-0.2, -0.15) is 10.2 Å². The van der Waals surface area contributed by atoms with E-state index in [2.05, 4.69) is 26.0 Å². The first-order chi connectivity index (χ1) is 8.19. The number of aryl methyl sites for hydroxylation is 1. The monoisotopic (exact) mass is 235 g/mol. The normalized spacial score (nSPS) is 15.1. The van der Waals surface area contributed by atoms with Crippen molar-refractivity contribution in [3.05, 3.63) is 11.8 Å². The van der Waals surface area contributed by atoms with Crippen LogP contribution in [0.3, 0.4) is 0 Å². The molecule has 7 heteroatoms. The van der Waals surface area contributed by atoms with Gasteiger partial charge in [0.2, 0.25) is 5.91 Å². The molecular formula is C10H13N5O2. The lowest BCUT2D eigenvalue weighted by Crippen LogP contribution is -2.32. The molecule has 3 N–H and O–H groups in total. The second-order valence-corrected chi connectivity index (χ2v) is 3.68. The molecule has 0 aromatic carbocycles. The maximum atomic E-state index is 11.7. The number of aromatic amines is 1. The third-order valence-electron chi connectivity index (χ3n) is 2.42. The van der Waals surface area contributed by atoms with Gasteiger partial charge in [0.15, 0.2) is 5.82 Å². The van der Waals surface area contributed by atoms with Crippen molar-refractivity contribution in [3.8, 4) is 0 Å². The van der Waals surface area contributed by atoms with Gasteiger partial charge in [-0.15, -0.1) is 0 Å². The highest BCUT2D eigenvalue weighted by atomic mass is 16.2. The molecule has 17 heavy (non-hydrogen) atoms. The van der Waals surface area contributed by atoms with Crippen LogP contribution in [0.1, 0.15) is 25.5 Å². The van der Waals surface area contributed by atoms with Crippen molar-refractivity contribution >= 4 is 23.3 Å². The zero-order valence-corrected chi connectivity index (χ0v) is 9.41. The molecule has 1 aliphatic heterocycles. The minimum Gasteiger partial charge on any atom is -0.304 e. The molecule has 1 aliphatic rings. The summed E-state index contributed by atoms with van der Waals surface area (Å²) in [6.07, 6.45) is 1.45. The Morgan fingerprint density at radius 1 is 1.53 bits per heavy atom. The first kappa shape index (κ1) is 11.3. The Morgan fingerprint density at radius 3 is 2.94 bits per heavy atom. The molecule has 2 amide bonds. The van der Waals surface area contributed by atoms with Crippen molar-refractivity contribution in [2.45, 2.75) is 26.2 Å². The van der Waals surface area contributed by atoms with Crippen LogP contribution in [-0.2, 0) is 16.0 Å². The SMILES string of the molecule is CCc1cc(NC(=O)C2=NNC(=O)CC2)n[nH]1. The number of nitrogens with zero attached hydrogens (tertiary/aromatic N) is 2. The van der Waals surface area contributed by atoms with Crippen molar-refractivity contribution in [1.82, 2.24) is 15.6 Å².